The summed E-state index contributed by atoms with van der Waals surface area (Å²) in [5.41, 5.74) is 2.03. The monoisotopic (exact) mass is 308 g/mol. The van der Waals surface area contributed by atoms with E-state index in [0.29, 0.717) is 19.1 Å². The molecular weight excluding hydrogens is 284 g/mol. The molecule has 1 unspecified atom stereocenters. The summed E-state index contributed by atoms with van der Waals surface area (Å²) in [4.78, 5) is 4.62. The lowest BCUT2D eigenvalue weighted by Gasteiger charge is -2.25. The van der Waals surface area contributed by atoms with Gasteiger partial charge in [0, 0.05) is 4.75 Å². The minimum absolute atomic E-state index is 0.112. The normalized spacial score (nSPS) is 15.6. The molecule has 1 aliphatic heterocycles. The molecule has 5 heteroatoms. The number of nitrogens with zero attached hydrogens (tertiary/aromatic N) is 1. The SMILES string of the molecule is C=CCC(NSC(C)(C)C)c1cc(C)c2c(n1)OCCO2. The van der Waals surface area contributed by atoms with Crippen molar-refractivity contribution in [2.24, 2.45) is 0 Å². The maximum Gasteiger partial charge on any atom is 0.257 e. The van der Waals surface area contributed by atoms with E-state index in [1.807, 2.05) is 13.0 Å². The Hall–Kier alpha value is -1.20. The van der Waals surface area contributed by atoms with E-state index in [1.54, 1.807) is 11.9 Å². The number of aryl methyl sites for hydroxylation is 1. The first-order valence-corrected chi connectivity index (χ1v) is 8.04. The summed E-state index contributed by atoms with van der Waals surface area (Å²) in [6.45, 7) is 13.6. The molecule has 1 atom stereocenters. The largest absolute Gasteiger partial charge is 0.484 e. The van der Waals surface area contributed by atoms with Crippen LogP contribution in [0.2, 0.25) is 0 Å². The molecule has 1 N–H and O–H groups in total. The third-order valence-electron chi connectivity index (χ3n) is 2.98. The number of pyridine rings is 1. The molecule has 0 aromatic carbocycles. The lowest BCUT2D eigenvalue weighted by Crippen LogP contribution is -2.23. The van der Waals surface area contributed by atoms with Crippen molar-refractivity contribution >= 4 is 11.9 Å². The van der Waals surface area contributed by atoms with Crippen LogP contribution in [0.1, 0.15) is 44.5 Å². The molecule has 2 rings (SSSR count). The Balaban J connectivity index is 2.23. The van der Waals surface area contributed by atoms with Gasteiger partial charge in [0.1, 0.15) is 13.2 Å². The Morgan fingerprint density at radius 2 is 2.14 bits per heavy atom. The highest BCUT2D eigenvalue weighted by molar-refractivity contribution is 7.98. The minimum atomic E-state index is 0.112. The third-order valence-corrected chi connectivity index (χ3v) is 4.00. The van der Waals surface area contributed by atoms with Gasteiger partial charge in [-0.05, 0) is 45.7 Å². The minimum Gasteiger partial charge on any atom is -0.484 e. The second-order valence-corrected chi connectivity index (χ2v) is 7.77. The van der Waals surface area contributed by atoms with E-state index < -0.39 is 0 Å². The lowest BCUT2D eigenvalue weighted by molar-refractivity contribution is 0.162. The highest BCUT2D eigenvalue weighted by Gasteiger charge is 2.22. The lowest BCUT2D eigenvalue weighted by atomic mass is 10.1. The van der Waals surface area contributed by atoms with E-state index in [1.165, 1.54) is 0 Å². The molecular formula is C16H24N2O2S. The van der Waals surface area contributed by atoms with Gasteiger partial charge < -0.3 is 9.47 Å². The molecule has 1 aromatic heterocycles. The van der Waals surface area contributed by atoms with Gasteiger partial charge in [0.15, 0.2) is 5.75 Å². The van der Waals surface area contributed by atoms with Crippen molar-refractivity contribution in [3.05, 3.63) is 30.0 Å². The number of hydrogen-bond acceptors (Lipinski definition) is 5. The van der Waals surface area contributed by atoms with Crippen molar-refractivity contribution in [2.45, 2.75) is 44.9 Å². The summed E-state index contributed by atoms with van der Waals surface area (Å²) in [7, 11) is 0. The highest BCUT2D eigenvalue weighted by Crippen LogP contribution is 2.35. The average Bonchev–Trinajstić information content (AvgIpc) is 2.42. The number of fused-ring (bicyclic) bond motifs is 1. The van der Waals surface area contributed by atoms with Crippen LogP contribution in [0, 0.1) is 6.92 Å². The van der Waals surface area contributed by atoms with Crippen LogP contribution in [0.4, 0.5) is 0 Å². The molecule has 0 bridgehead atoms. The first-order chi connectivity index (χ1) is 9.90. The molecule has 21 heavy (non-hydrogen) atoms. The average molecular weight is 308 g/mol. The van der Waals surface area contributed by atoms with E-state index in [9.17, 15) is 0 Å². The van der Waals surface area contributed by atoms with Crippen LogP contribution in [0.25, 0.3) is 0 Å². The smallest absolute Gasteiger partial charge is 0.257 e. The number of aromatic nitrogens is 1. The first-order valence-electron chi connectivity index (χ1n) is 7.22. The van der Waals surface area contributed by atoms with Crippen LogP contribution in [0.3, 0.4) is 0 Å². The highest BCUT2D eigenvalue weighted by atomic mass is 32.2. The first kappa shape index (κ1) is 16.2. The Morgan fingerprint density at radius 1 is 1.43 bits per heavy atom. The van der Waals surface area contributed by atoms with Crippen LogP contribution >= 0.6 is 11.9 Å². The zero-order valence-corrected chi connectivity index (χ0v) is 14.0. The van der Waals surface area contributed by atoms with Crippen LogP contribution < -0.4 is 14.2 Å². The van der Waals surface area contributed by atoms with Crippen LogP contribution in [-0.4, -0.2) is 22.9 Å². The van der Waals surface area contributed by atoms with Gasteiger partial charge in [-0.15, -0.1) is 6.58 Å². The van der Waals surface area contributed by atoms with Crippen LogP contribution in [-0.2, 0) is 0 Å². The van der Waals surface area contributed by atoms with E-state index in [-0.39, 0.29) is 10.8 Å². The van der Waals surface area contributed by atoms with Gasteiger partial charge in [-0.25, -0.2) is 4.98 Å². The number of rotatable bonds is 5. The summed E-state index contributed by atoms with van der Waals surface area (Å²) in [6, 6.07) is 2.18. The molecule has 1 aliphatic rings. The van der Waals surface area contributed by atoms with Crippen molar-refractivity contribution in [3.8, 4) is 11.6 Å². The Kier molecular flexibility index (Phi) is 5.17. The molecule has 0 spiro atoms. The number of ether oxygens (including phenoxy) is 2. The van der Waals surface area contributed by atoms with Crippen molar-refractivity contribution in [2.75, 3.05) is 13.2 Å². The molecule has 0 amide bonds. The molecule has 2 heterocycles. The third kappa shape index (κ3) is 4.38. The van der Waals surface area contributed by atoms with E-state index in [4.69, 9.17) is 9.47 Å². The zero-order valence-electron chi connectivity index (χ0n) is 13.2. The zero-order chi connectivity index (χ0) is 15.5. The summed E-state index contributed by atoms with van der Waals surface area (Å²) in [5, 5.41) is 0. The molecule has 116 valence electrons. The molecule has 1 aromatic rings. The van der Waals surface area contributed by atoms with Crippen LogP contribution in [0.5, 0.6) is 11.6 Å². The van der Waals surface area contributed by atoms with Gasteiger partial charge in [0.05, 0.1) is 11.7 Å². The quantitative estimate of drug-likeness (QED) is 0.662. The second kappa shape index (κ2) is 6.71. The molecule has 0 saturated carbocycles. The van der Waals surface area contributed by atoms with E-state index in [0.717, 1.165) is 23.4 Å². The molecule has 0 radical (unpaired) electrons. The Morgan fingerprint density at radius 3 is 2.81 bits per heavy atom. The fourth-order valence-corrected chi connectivity index (χ4v) is 2.75. The Bertz CT molecular complexity index is 512. The Labute approximate surface area is 131 Å². The number of hydrogen-bond donors (Lipinski definition) is 1. The van der Waals surface area contributed by atoms with Gasteiger partial charge in [0.25, 0.3) is 5.88 Å². The van der Waals surface area contributed by atoms with Gasteiger partial charge in [-0.1, -0.05) is 18.0 Å². The van der Waals surface area contributed by atoms with Crippen molar-refractivity contribution in [1.82, 2.24) is 9.71 Å². The topological polar surface area (TPSA) is 43.4 Å². The van der Waals surface area contributed by atoms with Crippen LogP contribution in [0.15, 0.2) is 18.7 Å². The fraction of sp³-hybridized carbons (Fsp3) is 0.562. The predicted molar refractivity (Wildman–Crippen MR) is 88.0 cm³/mol. The summed E-state index contributed by atoms with van der Waals surface area (Å²) in [5.74, 6) is 1.37. The van der Waals surface area contributed by atoms with Gasteiger partial charge in [0.2, 0.25) is 0 Å². The molecule has 0 aliphatic carbocycles. The van der Waals surface area contributed by atoms with E-state index >= 15 is 0 Å². The molecule has 0 saturated heterocycles. The van der Waals surface area contributed by atoms with Gasteiger partial charge in [-0.3, -0.25) is 4.72 Å². The second-order valence-electron chi connectivity index (χ2n) is 6.10. The van der Waals surface area contributed by atoms with Crippen molar-refractivity contribution in [1.29, 1.82) is 0 Å². The number of nitrogens with one attached hydrogen (secondary N) is 1. The maximum atomic E-state index is 5.63. The van der Waals surface area contributed by atoms with Crippen molar-refractivity contribution in [3.63, 3.8) is 0 Å². The predicted octanol–water partition coefficient (Wildman–Crippen LogP) is 3.81. The maximum absolute atomic E-state index is 5.63. The fourth-order valence-electron chi connectivity index (χ4n) is 2.03. The van der Waals surface area contributed by atoms with Gasteiger partial charge >= 0.3 is 0 Å². The molecule has 4 nitrogen and oxygen atoms in total. The summed E-state index contributed by atoms with van der Waals surface area (Å²) in [6.07, 6.45) is 2.73. The van der Waals surface area contributed by atoms with Gasteiger partial charge in [-0.2, -0.15) is 0 Å². The summed E-state index contributed by atoms with van der Waals surface area (Å²) < 4.78 is 14.9. The standard InChI is InChI=1S/C16H24N2O2S/c1-6-7-12(18-21-16(3,4)5)13-10-11(2)14-15(17-13)20-9-8-19-14/h6,10,12,18H,1,7-9H2,2-5H3. The van der Waals surface area contributed by atoms with Crippen molar-refractivity contribution < 1.29 is 9.47 Å². The summed E-state index contributed by atoms with van der Waals surface area (Å²) >= 11 is 1.71. The van der Waals surface area contributed by atoms with E-state index in [2.05, 4.69) is 43.1 Å². The molecule has 0 fully saturated rings.